The van der Waals surface area contributed by atoms with Crippen molar-refractivity contribution in [1.29, 1.82) is 0 Å². The number of likely N-dealkylation sites (tertiary alicyclic amines) is 1. The third-order valence-corrected chi connectivity index (χ3v) is 5.95. The van der Waals surface area contributed by atoms with Gasteiger partial charge in [0.25, 0.3) is 0 Å². The summed E-state index contributed by atoms with van der Waals surface area (Å²) >= 11 is 7.68. The van der Waals surface area contributed by atoms with E-state index in [1.165, 1.54) is 24.6 Å². The molecule has 0 aliphatic carbocycles. The standard InChI is InChI=1S/C18H23ClN4OS/c1-13-7-8-15(11-16(13)19)23-12-20-21-18(23)25-14(2)17(24)22-9-5-3-4-6-10-22/h7-8,11-12,14H,3-6,9-10H2,1-2H3. The minimum atomic E-state index is -0.193. The van der Waals surface area contributed by atoms with Gasteiger partial charge in [-0.05, 0) is 44.4 Å². The highest BCUT2D eigenvalue weighted by atomic mass is 35.5. The number of benzene rings is 1. The maximum absolute atomic E-state index is 12.8. The molecule has 0 bridgehead atoms. The van der Waals surface area contributed by atoms with Crippen molar-refractivity contribution in [2.24, 2.45) is 0 Å². The first-order chi connectivity index (χ1) is 12.1. The molecule has 1 aliphatic heterocycles. The van der Waals surface area contributed by atoms with Crippen LogP contribution in [0.1, 0.15) is 38.2 Å². The molecule has 1 saturated heterocycles. The Hall–Kier alpha value is -1.53. The first-order valence-corrected chi connectivity index (χ1v) is 9.94. The summed E-state index contributed by atoms with van der Waals surface area (Å²) in [5.41, 5.74) is 1.93. The van der Waals surface area contributed by atoms with Crippen LogP contribution in [-0.2, 0) is 4.79 Å². The predicted molar refractivity (Wildman–Crippen MR) is 101 cm³/mol. The highest BCUT2D eigenvalue weighted by Gasteiger charge is 2.24. The van der Waals surface area contributed by atoms with Crippen LogP contribution in [0.3, 0.4) is 0 Å². The number of thioether (sulfide) groups is 1. The van der Waals surface area contributed by atoms with Gasteiger partial charge < -0.3 is 4.90 Å². The fourth-order valence-electron chi connectivity index (χ4n) is 2.97. The van der Waals surface area contributed by atoms with Crippen LogP contribution >= 0.6 is 23.4 Å². The Morgan fingerprint density at radius 1 is 1.24 bits per heavy atom. The third kappa shape index (κ3) is 4.36. The fourth-order valence-corrected chi connectivity index (χ4v) is 4.07. The number of aryl methyl sites for hydroxylation is 1. The van der Waals surface area contributed by atoms with Gasteiger partial charge in [-0.3, -0.25) is 9.36 Å². The van der Waals surface area contributed by atoms with Gasteiger partial charge in [0.1, 0.15) is 6.33 Å². The van der Waals surface area contributed by atoms with Crippen LogP contribution in [0.5, 0.6) is 0 Å². The number of halogens is 1. The van der Waals surface area contributed by atoms with Crippen molar-refractivity contribution in [2.75, 3.05) is 13.1 Å². The first kappa shape index (κ1) is 18.3. The summed E-state index contributed by atoms with van der Waals surface area (Å²) in [6.07, 6.45) is 6.29. The Bertz CT molecular complexity index is 740. The monoisotopic (exact) mass is 378 g/mol. The van der Waals surface area contributed by atoms with Crippen LogP contribution in [0.25, 0.3) is 5.69 Å². The molecule has 25 heavy (non-hydrogen) atoms. The molecule has 3 rings (SSSR count). The predicted octanol–water partition coefficient (Wildman–Crippen LogP) is 4.11. The Kier molecular flexibility index (Phi) is 6.02. The van der Waals surface area contributed by atoms with Gasteiger partial charge in [0.15, 0.2) is 5.16 Å². The van der Waals surface area contributed by atoms with Gasteiger partial charge in [-0.1, -0.05) is 42.3 Å². The van der Waals surface area contributed by atoms with Crippen molar-refractivity contribution < 1.29 is 4.79 Å². The zero-order valence-electron chi connectivity index (χ0n) is 14.6. The Morgan fingerprint density at radius 3 is 2.64 bits per heavy atom. The average Bonchev–Trinajstić information content (AvgIpc) is 2.89. The zero-order valence-corrected chi connectivity index (χ0v) is 16.2. The second kappa shape index (κ2) is 8.23. The lowest BCUT2D eigenvalue weighted by atomic mass is 10.2. The molecular weight excluding hydrogens is 356 g/mol. The van der Waals surface area contributed by atoms with E-state index in [9.17, 15) is 4.79 Å². The van der Waals surface area contributed by atoms with Gasteiger partial charge in [0, 0.05) is 18.1 Å². The van der Waals surface area contributed by atoms with E-state index in [4.69, 9.17) is 11.6 Å². The molecule has 1 aromatic carbocycles. The second-order valence-electron chi connectivity index (χ2n) is 6.42. The van der Waals surface area contributed by atoms with Gasteiger partial charge >= 0.3 is 0 Å². The van der Waals surface area contributed by atoms with Gasteiger partial charge in [-0.15, -0.1) is 10.2 Å². The van der Waals surface area contributed by atoms with Crippen LogP contribution < -0.4 is 0 Å². The van der Waals surface area contributed by atoms with E-state index in [2.05, 4.69) is 10.2 Å². The maximum atomic E-state index is 12.8. The molecule has 1 aliphatic rings. The summed E-state index contributed by atoms with van der Waals surface area (Å²) in [6.45, 7) is 5.64. The van der Waals surface area contributed by atoms with Crippen LogP contribution in [0.2, 0.25) is 5.02 Å². The number of carbonyl (C=O) groups is 1. The normalized spacial score (nSPS) is 16.5. The van der Waals surface area contributed by atoms with Gasteiger partial charge in [-0.2, -0.15) is 0 Å². The molecule has 1 unspecified atom stereocenters. The summed E-state index contributed by atoms with van der Waals surface area (Å²) < 4.78 is 1.88. The molecule has 2 aromatic rings. The quantitative estimate of drug-likeness (QED) is 0.751. The van der Waals surface area contributed by atoms with Gasteiger partial charge in [-0.25, -0.2) is 0 Å². The number of hydrogen-bond acceptors (Lipinski definition) is 4. The van der Waals surface area contributed by atoms with Crippen LogP contribution in [0.15, 0.2) is 29.7 Å². The van der Waals surface area contributed by atoms with E-state index in [0.29, 0.717) is 10.2 Å². The molecule has 5 nitrogen and oxygen atoms in total. The lowest BCUT2D eigenvalue weighted by Gasteiger charge is -2.23. The van der Waals surface area contributed by atoms with Gasteiger partial charge in [0.05, 0.1) is 10.9 Å². The molecule has 0 spiro atoms. The Balaban J connectivity index is 1.73. The van der Waals surface area contributed by atoms with Crippen molar-refractivity contribution in [2.45, 2.75) is 49.9 Å². The summed E-state index contributed by atoms with van der Waals surface area (Å²) in [7, 11) is 0. The summed E-state index contributed by atoms with van der Waals surface area (Å²) in [5.74, 6) is 0.184. The van der Waals surface area contributed by atoms with Crippen LogP contribution in [0.4, 0.5) is 0 Å². The molecule has 2 heterocycles. The molecule has 1 amide bonds. The molecule has 1 aromatic heterocycles. The lowest BCUT2D eigenvalue weighted by molar-refractivity contribution is -0.130. The molecule has 7 heteroatoms. The molecule has 0 saturated carbocycles. The van der Waals surface area contributed by atoms with Crippen LogP contribution in [0, 0.1) is 6.92 Å². The molecular formula is C18H23ClN4OS. The van der Waals surface area contributed by atoms with Crippen LogP contribution in [-0.4, -0.2) is 43.9 Å². The van der Waals surface area contributed by atoms with E-state index in [1.54, 1.807) is 6.33 Å². The molecule has 1 atom stereocenters. The number of hydrogen-bond donors (Lipinski definition) is 0. The van der Waals surface area contributed by atoms with E-state index in [-0.39, 0.29) is 11.2 Å². The minimum absolute atomic E-state index is 0.184. The molecule has 134 valence electrons. The van der Waals surface area contributed by atoms with E-state index in [1.807, 2.05) is 41.5 Å². The SMILES string of the molecule is Cc1ccc(-n2cnnc2SC(C)C(=O)N2CCCCCC2)cc1Cl. The fraction of sp³-hybridized carbons (Fsp3) is 0.500. The van der Waals surface area contributed by atoms with E-state index >= 15 is 0 Å². The number of aromatic nitrogens is 3. The van der Waals surface area contributed by atoms with E-state index in [0.717, 1.165) is 37.2 Å². The Labute approximate surface area is 157 Å². The van der Waals surface area contributed by atoms with Crippen molar-refractivity contribution in [3.63, 3.8) is 0 Å². The summed E-state index contributed by atoms with van der Waals surface area (Å²) in [5, 5.41) is 9.42. The smallest absolute Gasteiger partial charge is 0.235 e. The van der Waals surface area contributed by atoms with Crippen molar-refractivity contribution >= 4 is 29.3 Å². The van der Waals surface area contributed by atoms with Crippen molar-refractivity contribution in [1.82, 2.24) is 19.7 Å². The number of carbonyl (C=O) groups excluding carboxylic acids is 1. The van der Waals surface area contributed by atoms with Crippen molar-refractivity contribution in [3.8, 4) is 5.69 Å². The molecule has 0 radical (unpaired) electrons. The molecule has 0 N–H and O–H groups in total. The van der Waals surface area contributed by atoms with Crippen molar-refractivity contribution in [3.05, 3.63) is 35.1 Å². The highest BCUT2D eigenvalue weighted by Crippen LogP contribution is 2.27. The summed E-state index contributed by atoms with van der Waals surface area (Å²) in [4.78, 5) is 14.7. The maximum Gasteiger partial charge on any atom is 0.235 e. The van der Waals surface area contributed by atoms with E-state index < -0.39 is 0 Å². The highest BCUT2D eigenvalue weighted by molar-refractivity contribution is 8.00. The largest absolute Gasteiger partial charge is 0.342 e. The third-order valence-electron chi connectivity index (χ3n) is 4.50. The average molecular weight is 379 g/mol. The number of amides is 1. The van der Waals surface area contributed by atoms with Gasteiger partial charge in [0.2, 0.25) is 5.91 Å². The number of nitrogens with zero attached hydrogens (tertiary/aromatic N) is 4. The summed E-state index contributed by atoms with van der Waals surface area (Å²) in [6, 6.07) is 5.85. The molecule has 1 fully saturated rings. The lowest BCUT2D eigenvalue weighted by Crippen LogP contribution is -2.37. The minimum Gasteiger partial charge on any atom is -0.342 e. The topological polar surface area (TPSA) is 51.0 Å². The Morgan fingerprint density at radius 2 is 1.96 bits per heavy atom. The zero-order chi connectivity index (χ0) is 17.8. The second-order valence-corrected chi connectivity index (χ2v) is 8.13. The number of rotatable bonds is 4. The first-order valence-electron chi connectivity index (χ1n) is 8.68.